The summed E-state index contributed by atoms with van der Waals surface area (Å²) in [5.74, 6) is -0.171. The van der Waals surface area contributed by atoms with Crippen LogP contribution in [0.25, 0.3) is 33.0 Å². The summed E-state index contributed by atoms with van der Waals surface area (Å²) in [6, 6.07) is 29.4. The van der Waals surface area contributed by atoms with Crippen LogP contribution in [0.2, 0.25) is 0 Å². The Kier molecular flexibility index (Phi) is 3.39. The average molecular weight is 298 g/mol. The molecule has 0 N–H and O–H groups in total. The van der Waals surface area contributed by atoms with E-state index in [0.29, 0.717) is 11.1 Å². The molecule has 4 aromatic rings. The number of rotatable bonds is 2. The molecular formula is C22H15F. The van der Waals surface area contributed by atoms with Crippen molar-refractivity contribution in [2.24, 2.45) is 0 Å². The van der Waals surface area contributed by atoms with E-state index in [1.165, 1.54) is 0 Å². The van der Waals surface area contributed by atoms with Crippen molar-refractivity contribution in [1.29, 1.82) is 0 Å². The molecule has 110 valence electrons. The summed E-state index contributed by atoms with van der Waals surface area (Å²) in [4.78, 5) is 0. The Hall–Kier alpha value is -2.93. The first-order valence-corrected chi connectivity index (χ1v) is 7.67. The molecule has 0 aromatic heterocycles. The van der Waals surface area contributed by atoms with E-state index < -0.39 is 0 Å². The molecule has 0 bridgehead atoms. The highest BCUT2D eigenvalue weighted by molar-refractivity contribution is 5.97. The Balaban J connectivity index is 1.96. The van der Waals surface area contributed by atoms with Crippen LogP contribution < -0.4 is 0 Å². The highest BCUT2D eigenvalue weighted by atomic mass is 19.1. The van der Waals surface area contributed by atoms with E-state index in [-0.39, 0.29) is 5.82 Å². The van der Waals surface area contributed by atoms with Gasteiger partial charge in [0, 0.05) is 11.1 Å². The van der Waals surface area contributed by atoms with Crippen LogP contribution in [0.3, 0.4) is 0 Å². The van der Waals surface area contributed by atoms with Crippen molar-refractivity contribution >= 4 is 10.8 Å². The molecule has 0 fully saturated rings. The van der Waals surface area contributed by atoms with E-state index in [9.17, 15) is 0 Å². The van der Waals surface area contributed by atoms with Gasteiger partial charge in [-0.2, -0.15) is 0 Å². The Bertz CT molecular complexity index is 966. The van der Waals surface area contributed by atoms with Crippen LogP contribution >= 0.6 is 0 Å². The van der Waals surface area contributed by atoms with Crippen molar-refractivity contribution in [3.63, 3.8) is 0 Å². The Morgan fingerprint density at radius 1 is 0.478 bits per heavy atom. The van der Waals surface area contributed by atoms with E-state index in [1.807, 2.05) is 78.9 Å². The normalized spacial score (nSPS) is 10.8. The van der Waals surface area contributed by atoms with Gasteiger partial charge in [0.25, 0.3) is 0 Å². The molecule has 0 heterocycles. The lowest BCUT2D eigenvalue weighted by Crippen LogP contribution is -1.90. The van der Waals surface area contributed by atoms with Crippen LogP contribution in [-0.4, -0.2) is 0 Å². The lowest BCUT2D eigenvalue weighted by Gasteiger charge is -2.11. The monoisotopic (exact) mass is 298 g/mol. The lowest BCUT2D eigenvalue weighted by molar-refractivity contribution is 0.635. The first-order valence-electron chi connectivity index (χ1n) is 7.67. The van der Waals surface area contributed by atoms with Crippen LogP contribution in [0, 0.1) is 5.82 Å². The minimum Gasteiger partial charge on any atom is -0.206 e. The molecule has 0 aliphatic carbocycles. The van der Waals surface area contributed by atoms with Gasteiger partial charge in [-0.3, -0.25) is 0 Å². The minimum absolute atomic E-state index is 0.171. The van der Waals surface area contributed by atoms with Gasteiger partial charge in [0.15, 0.2) is 0 Å². The molecule has 4 aromatic carbocycles. The SMILES string of the molecule is Fc1c(-c2ccccc2)cccc1-c1cccc2ccccc12. The lowest BCUT2D eigenvalue weighted by atomic mass is 9.94. The summed E-state index contributed by atoms with van der Waals surface area (Å²) in [7, 11) is 0. The maximum Gasteiger partial charge on any atom is 0.138 e. The van der Waals surface area contributed by atoms with Gasteiger partial charge >= 0.3 is 0 Å². The zero-order valence-electron chi connectivity index (χ0n) is 12.5. The third-order valence-electron chi connectivity index (χ3n) is 4.16. The molecule has 1 heteroatoms. The zero-order chi connectivity index (χ0) is 15.6. The summed E-state index contributed by atoms with van der Waals surface area (Å²) in [6.45, 7) is 0. The molecule has 0 atom stereocenters. The summed E-state index contributed by atoms with van der Waals surface area (Å²) in [5.41, 5.74) is 3.10. The number of halogens is 1. The molecule has 0 radical (unpaired) electrons. The predicted octanol–water partition coefficient (Wildman–Crippen LogP) is 6.31. The van der Waals surface area contributed by atoms with Crippen LogP contribution in [0.4, 0.5) is 4.39 Å². The molecule has 0 aliphatic heterocycles. The van der Waals surface area contributed by atoms with Gasteiger partial charge in [-0.05, 0) is 21.9 Å². The van der Waals surface area contributed by atoms with E-state index >= 15 is 4.39 Å². The fourth-order valence-electron chi connectivity index (χ4n) is 3.04. The molecule has 0 saturated heterocycles. The van der Waals surface area contributed by atoms with E-state index in [1.54, 1.807) is 0 Å². The van der Waals surface area contributed by atoms with Crippen LogP contribution in [-0.2, 0) is 0 Å². The van der Waals surface area contributed by atoms with E-state index in [0.717, 1.165) is 21.9 Å². The minimum atomic E-state index is -0.171. The van der Waals surface area contributed by atoms with Gasteiger partial charge < -0.3 is 0 Å². The maximum absolute atomic E-state index is 15.2. The molecule has 0 amide bonds. The average Bonchev–Trinajstić information content (AvgIpc) is 2.62. The summed E-state index contributed by atoms with van der Waals surface area (Å²) in [5, 5.41) is 2.19. The Labute approximate surface area is 134 Å². The van der Waals surface area contributed by atoms with Crippen molar-refractivity contribution in [3.05, 3.63) is 96.8 Å². The Morgan fingerprint density at radius 2 is 1.09 bits per heavy atom. The highest BCUT2D eigenvalue weighted by Crippen LogP contribution is 2.34. The molecule has 23 heavy (non-hydrogen) atoms. The van der Waals surface area contributed by atoms with Gasteiger partial charge in [-0.25, -0.2) is 4.39 Å². The number of hydrogen-bond acceptors (Lipinski definition) is 0. The van der Waals surface area contributed by atoms with Crippen molar-refractivity contribution in [2.75, 3.05) is 0 Å². The predicted molar refractivity (Wildman–Crippen MR) is 94.8 cm³/mol. The second-order valence-electron chi connectivity index (χ2n) is 5.56. The molecule has 4 rings (SSSR count). The zero-order valence-corrected chi connectivity index (χ0v) is 12.5. The topological polar surface area (TPSA) is 0 Å². The van der Waals surface area contributed by atoms with Crippen LogP contribution in [0.15, 0.2) is 91.0 Å². The fraction of sp³-hybridized carbons (Fsp3) is 0. The highest BCUT2D eigenvalue weighted by Gasteiger charge is 2.13. The van der Waals surface area contributed by atoms with Crippen molar-refractivity contribution in [1.82, 2.24) is 0 Å². The third-order valence-corrected chi connectivity index (χ3v) is 4.16. The van der Waals surface area contributed by atoms with Gasteiger partial charge in [0.05, 0.1) is 0 Å². The molecule has 0 aliphatic rings. The second-order valence-corrected chi connectivity index (χ2v) is 5.56. The first-order chi connectivity index (χ1) is 11.3. The van der Waals surface area contributed by atoms with E-state index in [4.69, 9.17) is 0 Å². The third kappa shape index (κ3) is 2.40. The molecule has 0 unspecified atom stereocenters. The number of fused-ring (bicyclic) bond motifs is 1. The van der Waals surface area contributed by atoms with E-state index in [2.05, 4.69) is 12.1 Å². The maximum atomic E-state index is 15.2. The van der Waals surface area contributed by atoms with Crippen molar-refractivity contribution < 1.29 is 4.39 Å². The van der Waals surface area contributed by atoms with Crippen LogP contribution in [0.5, 0.6) is 0 Å². The van der Waals surface area contributed by atoms with Gasteiger partial charge in [0.2, 0.25) is 0 Å². The quantitative estimate of drug-likeness (QED) is 0.406. The Morgan fingerprint density at radius 3 is 1.96 bits per heavy atom. The van der Waals surface area contributed by atoms with Gasteiger partial charge in [0.1, 0.15) is 5.82 Å². The van der Waals surface area contributed by atoms with Crippen molar-refractivity contribution in [3.8, 4) is 22.3 Å². The van der Waals surface area contributed by atoms with Gasteiger partial charge in [-0.15, -0.1) is 0 Å². The van der Waals surface area contributed by atoms with Gasteiger partial charge in [-0.1, -0.05) is 91.0 Å². The second kappa shape index (κ2) is 5.69. The first kappa shape index (κ1) is 13.7. The summed E-state index contributed by atoms with van der Waals surface area (Å²) >= 11 is 0. The molecule has 0 nitrogen and oxygen atoms in total. The number of benzene rings is 4. The standard InChI is InChI=1S/C22H15F/c23-22-19(17-8-2-1-3-9-17)13-7-15-21(22)20-14-6-11-16-10-4-5-12-18(16)20/h1-15H. The summed E-state index contributed by atoms with van der Waals surface area (Å²) in [6.07, 6.45) is 0. The molecule has 0 saturated carbocycles. The smallest absolute Gasteiger partial charge is 0.138 e. The molecule has 0 spiro atoms. The number of hydrogen-bond donors (Lipinski definition) is 0. The van der Waals surface area contributed by atoms with Crippen molar-refractivity contribution in [2.45, 2.75) is 0 Å². The largest absolute Gasteiger partial charge is 0.206 e. The fourth-order valence-corrected chi connectivity index (χ4v) is 3.04. The van der Waals surface area contributed by atoms with Crippen LogP contribution in [0.1, 0.15) is 0 Å². The summed E-state index contributed by atoms with van der Waals surface area (Å²) < 4.78 is 15.2. The molecular weight excluding hydrogens is 283 g/mol.